The van der Waals surface area contributed by atoms with Gasteiger partial charge in [0.15, 0.2) is 0 Å². The van der Waals surface area contributed by atoms with Crippen molar-refractivity contribution in [2.75, 3.05) is 0 Å². The van der Waals surface area contributed by atoms with E-state index in [1.54, 1.807) is 17.7 Å². The Morgan fingerprint density at radius 2 is 2.04 bits per heavy atom. The number of aryl methyl sites for hydroxylation is 2. The zero-order valence-corrected chi connectivity index (χ0v) is 13.9. The van der Waals surface area contributed by atoms with Crippen LogP contribution >= 0.6 is 0 Å². The van der Waals surface area contributed by atoms with E-state index in [0.717, 1.165) is 16.6 Å². The Bertz CT molecular complexity index is 969. The Morgan fingerprint density at radius 1 is 1.29 bits per heavy atom. The number of nitrogens with zero attached hydrogens (tertiary/aromatic N) is 2. The highest BCUT2D eigenvalue weighted by molar-refractivity contribution is 5.91. The molecule has 0 unspecified atom stereocenters. The predicted octanol–water partition coefficient (Wildman–Crippen LogP) is 2.72. The van der Waals surface area contributed by atoms with E-state index in [9.17, 15) is 9.59 Å². The average molecular weight is 325 g/mol. The van der Waals surface area contributed by atoms with Crippen LogP contribution in [0.15, 0.2) is 35.1 Å². The van der Waals surface area contributed by atoms with E-state index in [1.807, 2.05) is 38.1 Å². The number of hydrogen-bond donors (Lipinski definition) is 1. The maximum atomic E-state index is 12.4. The molecule has 3 rings (SSSR count). The fourth-order valence-electron chi connectivity index (χ4n) is 2.82. The second-order valence-corrected chi connectivity index (χ2v) is 5.65. The summed E-state index contributed by atoms with van der Waals surface area (Å²) in [4.78, 5) is 27.3. The third kappa shape index (κ3) is 2.82. The van der Waals surface area contributed by atoms with Crippen LogP contribution in [0.5, 0.6) is 0 Å². The van der Waals surface area contributed by atoms with Gasteiger partial charge in [0.1, 0.15) is 12.2 Å². The molecule has 0 aliphatic rings. The molecule has 6 heteroatoms. The van der Waals surface area contributed by atoms with Crippen molar-refractivity contribution >= 4 is 16.9 Å². The quantitative estimate of drug-likeness (QED) is 0.748. The standard InChI is InChI=1S/C18H19N3O3/c1-4-21-12(3)16(11(2)20-21)18(23)24-10-14-9-13-7-5-6-8-15(13)19-17(14)22/h5-9H,4,10H2,1-3H3,(H,19,22). The Balaban J connectivity index is 1.83. The van der Waals surface area contributed by atoms with Gasteiger partial charge < -0.3 is 9.72 Å². The van der Waals surface area contributed by atoms with E-state index in [0.29, 0.717) is 23.4 Å². The molecule has 0 aliphatic carbocycles. The highest BCUT2D eigenvalue weighted by atomic mass is 16.5. The average Bonchev–Trinajstić information content (AvgIpc) is 2.86. The van der Waals surface area contributed by atoms with Crippen molar-refractivity contribution in [1.82, 2.24) is 14.8 Å². The summed E-state index contributed by atoms with van der Waals surface area (Å²) in [5, 5.41) is 5.21. The van der Waals surface area contributed by atoms with Gasteiger partial charge in [-0.2, -0.15) is 5.10 Å². The minimum Gasteiger partial charge on any atom is -0.457 e. The number of esters is 1. The third-order valence-corrected chi connectivity index (χ3v) is 4.07. The second kappa shape index (κ2) is 6.31. The van der Waals surface area contributed by atoms with Crippen molar-refractivity contribution in [2.45, 2.75) is 33.9 Å². The van der Waals surface area contributed by atoms with Crippen LogP contribution in [0.2, 0.25) is 0 Å². The van der Waals surface area contributed by atoms with Crippen molar-refractivity contribution in [1.29, 1.82) is 0 Å². The van der Waals surface area contributed by atoms with Gasteiger partial charge in [-0.1, -0.05) is 18.2 Å². The van der Waals surface area contributed by atoms with Gasteiger partial charge in [-0.3, -0.25) is 9.48 Å². The minimum absolute atomic E-state index is 0.0742. The normalized spacial score (nSPS) is 11.0. The van der Waals surface area contributed by atoms with E-state index in [-0.39, 0.29) is 12.2 Å². The number of aromatic amines is 1. The van der Waals surface area contributed by atoms with Crippen LogP contribution in [-0.4, -0.2) is 20.7 Å². The number of carbonyl (C=O) groups excluding carboxylic acids is 1. The van der Waals surface area contributed by atoms with E-state index < -0.39 is 5.97 Å². The summed E-state index contributed by atoms with van der Waals surface area (Å²) in [6.07, 6.45) is 0. The molecule has 2 aromatic heterocycles. The summed E-state index contributed by atoms with van der Waals surface area (Å²) in [5.74, 6) is -0.461. The fourth-order valence-corrected chi connectivity index (χ4v) is 2.82. The molecule has 1 N–H and O–H groups in total. The molecule has 0 saturated heterocycles. The molecule has 0 bridgehead atoms. The van der Waals surface area contributed by atoms with Crippen molar-refractivity contribution in [2.24, 2.45) is 0 Å². The number of H-pyrrole nitrogens is 1. The molecular weight excluding hydrogens is 306 g/mol. The Kier molecular flexibility index (Phi) is 4.20. The van der Waals surface area contributed by atoms with E-state index in [2.05, 4.69) is 10.1 Å². The molecule has 0 radical (unpaired) electrons. The van der Waals surface area contributed by atoms with E-state index in [4.69, 9.17) is 4.74 Å². The van der Waals surface area contributed by atoms with Gasteiger partial charge in [0.25, 0.3) is 5.56 Å². The maximum absolute atomic E-state index is 12.4. The van der Waals surface area contributed by atoms with Crippen molar-refractivity contribution in [3.05, 3.63) is 63.2 Å². The number of aromatic nitrogens is 3. The molecule has 124 valence electrons. The Morgan fingerprint density at radius 3 is 2.75 bits per heavy atom. The number of hydrogen-bond acceptors (Lipinski definition) is 4. The molecule has 24 heavy (non-hydrogen) atoms. The number of pyridine rings is 1. The van der Waals surface area contributed by atoms with Crippen LogP contribution in [0.25, 0.3) is 10.9 Å². The lowest BCUT2D eigenvalue weighted by Gasteiger charge is -2.06. The third-order valence-electron chi connectivity index (χ3n) is 4.07. The van der Waals surface area contributed by atoms with Crippen LogP contribution in [0, 0.1) is 13.8 Å². The number of carbonyl (C=O) groups is 1. The Labute approximate surface area is 139 Å². The smallest absolute Gasteiger partial charge is 0.342 e. The monoisotopic (exact) mass is 325 g/mol. The SMILES string of the molecule is CCn1nc(C)c(C(=O)OCc2cc3ccccc3[nH]c2=O)c1C. The summed E-state index contributed by atoms with van der Waals surface area (Å²) in [5.41, 5.74) is 2.79. The Hall–Kier alpha value is -2.89. The zero-order chi connectivity index (χ0) is 17.3. The van der Waals surface area contributed by atoms with Crippen molar-refractivity contribution in [3.8, 4) is 0 Å². The van der Waals surface area contributed by atoms with Crippen LogP contribution in [-0.2, 0) is 17.9 Å². The van der Waals surface area contributed by atoms with Crippen LogP contribution in [0.1, 0.15) is 34.2 Å². The van der Waals surface area contributed by atoms with E-state index >= 15 is 0 Å². The number of rotatable bonds is 4. The van der Waals surface area contributed by atoms with Gasteiger partial charge in [0.2, 0.25) is 0 Å². The highest BCUT2D eigenvalue weighted by Crippen LogP contribution is 2.16. The van der Waals surface area contributed by atoms with Gasteiger partial charge in [-0.15, -0.1) is 0 Å². The molecule has 0 spiro atoms. The maximum Gasteiger partial charge on any atom is 0.342 e. The van der Waals surface area contributed by atoms with Gasteiger partial charge in [0.05, 0.1) is 17.0 Å². The largest absolute Gasteiger partial charge is 0.457 e. The summed E-state index contributed by atoms with van der Waals surface area (Å²) in [6.45, 7) is 6.18. The zero-order valence-electron chi connectivity index (χ0n) is 13.9. The molecule has 0 atom stereocenters. The van der Waals surface area contributed by atoms with Crippen molar-refractivity contribution < 1.29 is 9.53 Å². The summed E-state index contributed by atoms with van der Waals surface area (Å²) >= 11 is 0. The predicted molar refractivity (Wildman–Crippen MR) is 91.1 cm³/mol. The first-order chi connectivity index (χ1) is 11.5. The van der Waals surface area contributed by atoms with Gasteiger partial charge >= 0.3 is 5.97 Å². The minimum atomic E-state index is -0.461. The molecule has 1 aromatic carbocycles. The number of para-hydroxylation sites is 1. The number of benzene rings is 1. The lowest BCUT2D eigenvalue weighted by atomic mass is 10.1. The van der Waals surface area contributed by atoms with Gasteiger partial charge in [-0.25, -0.2) is 4.79 Å². The summed E-state index contributed by atoms with van der Waals surface area (Å²) < 4.78 is 7.11. The van der Waals surface area contributed by atoms with Crippen molar-refractivity contribution in [3.63, 3.8) is 0 Å². The topological polar surface area (TPSA) is 77.0 Å². The number of ether oxygens (including phenoxy) is 1. The van der Waals surface area contributed by atoms with Crippen LogP contribution in [0.3, 0.4) is 0 Å². The number of nitrogens with one attached hydrogen (secondary N) is 1. The first-order valence-electron chi connectivity index (χ1n) is 7.83. The molecule has 0 fully saturated rings. The van der Waals surface area contributed by atoms with Crippen LogP contribution in [0.4, 0.5) is 0 Å². The molecule has 6 nitrogen and oxygen atoms in total. The number of fused-ring (bicyclic) bond motifs is 1. The van der Waals surface area contributed by atoms with Gasteiger partial charge in [0, 0.05) is 12.1 Å². The first kappa shape index (κ1) is 16.0. The van der Waals surface area contributed by atoms with Crippen LogP contribution < -0.4 is 5.56 Å². The summed E-state index contributed by atoms with van der Waals surface area (Å²) in [6, 6.07) is 9.22. The first-order valence-corrected chi connectivity index (χ1v) is 7.83. The highest BCUT2D eigenvalue weighted by Gasteiger charge is 2.20. The second-order valence-electron chi connectivity index (χ2n) is 5.65. The molecule has 0 aliphatic heterocycles. The van der Waals surface area contributed by atoms with E-state index in [1.165, 1.54) is 0 Å². The van der Waals surface area contributed by atoms with Gasteiger partial charge in [-0.05, 0) is 38.3 Å². The molecule has 3 aromatic rings. The fraction of sp³-hybridized carbons (Fsp3) is 0.278. The molecule has 2 heterocycles. The molecular formula is C18H19N3O3. The molecule has 0 saturated carbocycles. The summed E-state index contributed by atoms with van der Waals surface area (Å²) in [7, 11) is 0. The lowest BCUT2D eigenvalue weighted by molar-refractivity contribution is 0.0469. The lowest BCUT2D eigenvalue weighted by Crippen LogP contribution is -2.16. The molecule has 0 amide bonds.